The van der Waals surface area contributed by atoms with E-state index in [1.165, 1.54) is 37.0 Å². The Morgan fingerprint density at radius 3 is 2.89 bits per heavy atom. The van der Waals surface area contributed by atoms with Crippen LogP contribution in [0.2, 0.25) is 5.02 Å². The summed E-state index contributed by atoms with van der Waals surface area (Å²) in [6.45, 7) is 1.33. The van der Waals surface area contributed by atoms with E-state index in [1.807, 2.05) is 0 Å². The van der Waals surface area contributed by atoms with Gasteiger partial charge in [-0.25, -0.2) is 4.39 Å². The van der Waals surface area contributed by atoms with Gasteiger partial charge in [0.05, 0.1) is 0 Å². The lowest BCUT2D eigenvalue weighted by molar-refractivity contribution is 0.540. The first kappa shape index (κ1) is 14.5. The van der Waals surface area contributed by atoms with E-state index in [4.69, 9.17) is 17.3 Å². The number of hydrogen-bond donors (Lipinski definition) is 2. The maximum atomic E-state index is 13.0. The third-order valence-corrected chi connectivity index (χ3v) is 3.87. The fraction of sp³-hybridized carbons (Fsp3) is 0.467. The van der Waals surface area contributed by atoms with Crippen LogP contribution < -0.4 is 11.1 Å². The smallest absolute Gasteiger partial charge is 0.124 e. The first-order valence-corrected chi connectivity index (χ1v) is 7.15. The lowest BCUT2D eigenvalue weighted by Crippen LogP contribution is -2.29. The second-order valence-corrected chi connectivity index (χ2v) is 5.32. The second kappa shape index (κ2) is 7.04. The Bertz CT molecular complexity index is 459. The molecule has 2 rings (SSSR count). The summed E-state index contributed by atoms with van der Waals surface area (Å²) in [5, 5.41) is 3.83. The van der Waals surface area contributed by atoms with Crippen molar-refractivity contribution in [1.29, 1.82) is 0 Å². The minimum absolute atomic E-state index is 0.0184. The van der Waals surface area contributed by atoms with Crippen molar-refractivity contribution < 1.29 is 4.39 Å². The van der Waals surface area contributed by atoms with Crippen molar-refractivity contribution in [2.24, 2.45) is 5.73 Å². The van der Waals surface area contributed by atoms with Crippen molar-refractivity contribution in [3.63, 3.8) is 0 Å². The van der Waals surface area contributed by atoms with E-state index >= 15 is 0 Å². The van der Waals surface area contributed by atoms with E-state index in [1.54, 1.807) is 6.07 Å². The molecule has 0 radical (unpaired) electrons. The molecule has 19 heavy (non-hydrogen) atoms. The SMILES string of the molecule is NCC(NCCC1=CCCC1)c1ccc(F)cc1Cl. The summed E-state index contributed by atoms with van der Waals surface area (Å²) in [6.07, 6.45) is 7.07. The molecule has 1 aliphatic carbocycles. The minimum atomic E-state index is -0.319. The average Bonchev–Trinajstić information content (AvgIpc) is 2.89. The highest BCUT2D eigenvalue weighted by atomic mass is 35.5. The highest BCUT2D eigenvalue weighted by molar-refractivity contribution is 6.31. The van der Waals surface area contributed by atoms with Crippen LogP contribution in [0.4, 0.5) is 4.39 Å². The molecule has 104 valence electrons. The predicted molar refractivity (Wildman–Crippen MR) is 77.8 cm³/mol. The summed E-state index contributed by atoms with van der Waals surface area (Å²) >= 11 is 6.06. The van der Waals surface area contributed by atoms with Gasteiger partial charge >= 0.3 is 0 Å². The molecular formula is C15H20ClFN2. The largest absolute Gasteiger partial charge is 0.329 e. The zero-order chi connectivity index (χ0) is 13.7. The third kappa shape index (κ3) is 4.03. The van der Waals surface area contributed by atoms with Crippen LogP contribution in [0, 0.1) is 5.82 Å². The van der Waals surface area contributed by atoms with Crippen LogP contribution in [0.5, 0.6) is 0 Å². The van der Waals surface area contributed by atoms with E-state index in [-0.39, 0.29) is 11.9 Å². The number of halogens is 2. The molecule has 1 aromatic carbocycles. The topological polar surface area (TPSA) is 38.0 Å². The van der Waals surface area contributed by atoms with Gasteiger partial charge in [0, 0.05) is 17.6 Å². The van der Waals surface area contributed by atoms with Crippen molar-refractivity contribution in [3.8, 4) is 0 Å². The summed E-state index contributed by atoms with van der Waals surface area (Å²) < 4.78 is 13.0. The second-order valence-electron chi connectivity index (χ2n) is 4.91. The molecule has 1 aliphatic rings. The first-order valence-electron chi connectivity index (χ1n) is 6.77. The molecule has 0 aromatic heterocycles. The fourth-order valence-electron chi connectivity index (χ4n) is 2.48. The Morgan fingerprint density at radius 1 is 1.42 bits per heavy atom. The van der Waals surface area contributed by atoms with Gasteiger partial charge < -0.3 is 11.1 Å². The van der Waals surface area contributed by atoms with Crippen molar-refractivity contribution in [3.05, 3.63) is 46.3 Å². The summed E-state index contributed by atoms with van der Waals surface area (Å²) in [7, 11) is 0. The number of nitrogens with one attached hydrogen (secondary N) is 1. The maximum Gasteiger partial charge on any atom is 0.124 e. The molecule has 1 unspecified atom stereocenters. The highest BCUT2D eigenvalue weighted by Gasteiger charge is 2.13. The molecule has 0 amide bonds. The van der Waals surface area contributed by atoms with Crippen LogP contribution in [-0.2, 0) is 0 Å². The van der Waals surface area contributed by atoms with Crippen LogP contribution >= 0.6 is 11.6 Å². The number of benzene rings is 1. The Morgan fingerprint density at radius 2 is 2.26 bits per heavy atom. The van der Waals surface area contributed by atoms with Crippen LogP contribution in [0.1, 0.15) is 37.3 Å². The Hall–Kier alpha value is -0.900. The highest BCUT2D eigenvalue weighted by Crippen LogP contribution is 2.24. The molecule has 3 N–H and O–H groups in total. The number of nitrogens with two attached hydrogens (primary N) is 1. The zero-order valence-electron chi connectivity index (χ0n) is 11.0. The normalized spacial score (nSPS) is 16.5. The lowest BCUT2D eigenvalue weighted by Gasteiger charge is -2.18. The number of rotatable bonds is 6. The summed E-state index contributed by atoms with van der Waals surface area (Å²) in [5.41, 5.74) is 8.16. The van der Waals surface area contributed by atoms with Crippen molar-refractivity contribution in [2.45, 2.75) is 31.7 Å². The van der Waals surface area contributed by atoms with E-state index in [0.717, 1.165) is 18.5 Å². The minimum Gasteiger partial charge on any atom is -0.329 e. The first-order chi connectivity index (χ1) is 9.20. The van der Waals surface area contributed by atoms with Gasteiger partial charge in [0.2, 0.25) is 0 Å². The number of allylic oxidation sites excluding steroid dienone is 1. The molecule has 4 heteroatoms. The van der Waals surface area contributed by atoms with Gasteiger partial charge in [0.25, 0.3) is 0 Å². The molecule has 0 spiro atoms. The molecule has 0 aliphatic heterocycles. The van der Waals surface area contributed by atoms with Gasteiger partial charge in [-0.1, -0.05) is 29.3 Å². The molecule has 0 saturated heterocycles. The predicted octanol–water partition coefficient (Wildman–Crippen LogP) is 3.57. The zero-order valence-corrected chi connectivity index (χ0v) is 11.7. The van der Waals surface area contributed by atoms with Crippen LogP contribution in [0.3, 0.4) is 0 Å². The maximum absolute atomic E-state index is 13.0. The standard InChI is InChI=1S/C15H20ClFN2/c16-14-9-12(17)5-6-13(14)15(10-18)19-8-7-11-3-1-2-4-11/h3,5-6,9,15,19H,1-2,4,7-8,10,18H2. The van der Waals surface area contributed by atoms with Gasteiger partial charge in [0.1, 0.15) is 5.82 Å². The monoisotopic (exact) mass is 282 g/mol. The Balaban J connectivity index is 1.91. The third-order valence-electron chi connectivity index (χ3n) is 3.55. The molecule has 0 heterocycles. The molecular weight excluding hydrogens is 263 g/mol. The molecule has 0 fully saturated rings. The van der Waals surface area contributed by atoms with E-state index in [0.29, 0.717) is 11.6 Å². The Kier molecular flexibility index (Phi) is 5.37. The van der Waals surface area contributed by atoms with Gasteiger partial charge in [0.15, 0.2) is 0 Å². The van der Waals surface area contributed by atoms with Gasteiger partial charge in [-0.05, 0) is 49.9 Å². The van der Waals surface area contributed by atoms with Crippen molar-refractivity contribution in [2.75, 3.05) is 13.1 Å². The number of hydrogen-bond acceptors (Lipinski definition) is 2. The van der Waals surface area contributed by atoms with Gasteiger partial charge in [-0.3, -0.25) is 0 Å². The van der Waals surface area contributed by atoms with E-state index in [2.05, 4.69) is 11.4 Å². The molecule has 1 aromatic rings. The van der Waals surface area contributed by atoms with E-state index in [9.17, 15) is 4.39 Å². The van der Waals surface area contributed by atoms with Crippen molar-refractivity contribution >= 4 is 11.6 Å². The van der Waals surface area contributed by atoms with Gasteiger partial charge in [-0.15, -0.1) is 0 Å². The average molecular weight is 283 g/mol. The van der Waals surface area contributed by atoms with Crippen LogP contribution in [-0.4, -0.2) is 13.1 Å². The summed E-state index contributed by atoms with van der Waals surface area (Å²) in [6, 6.07) is 4.44. The van der Waals surface area contributed by atoms with Gasteiger partial charge in [-0.2, -0.15) is 0 Å². The molecule has 1 atom stereocenters. The van der Waals surface area contributed by atoms with Crippen LogP contribution in [0.15, 0.2) is 29.8 Å². The van der Waals surface area contributed by atoms with Crippen molar-refractivity contribution in [1.82, 2.24) is 5.32 Å². The molecule has 2 nitrogen and oxygen atoms in total. The fourth-order valence-corrected chi connectivity index (χ4v) is 2.77. The molecule has 0 saturated carbocycles. The van der Waals surface area contributed by atoms with E-state index < -0.39 is 0 Å². The quantitative estimate of drug-likeness (QED) is 0.783. The molecule has 0 bridgehead atoms. The lowest BCUT2D eigenvalue weighted by atomic mass is 10.1. The summed E-state index contributed by atoms with van der Waals surface area (Å²) in [4.78, 5) is 0. The summed E-state index contributed by atoms with van der Waals surface area (Å²) in [5.74, 6) is -0.319. The Labute approximate surface area is 118 Å². The van der Waals surface area contributed by atoms with Crippen LogP contribution in [0.25, 0.3) is 0 Å².